The van der Waals surface area contributed by atoms with E-state index in [0.717, 1.165) is 0 Å². The van der Waals surface area contributed by atoms with Gasteiger partial charge in [0.2, 0.25) is 0 Å². The third-order valence-corrected chi connectivity index (χ3v) is 6.13. The summed E-state index contributed by atoms with van der Waals surface area (Å²) in [6.07, 6.45) is 0. The molecule has 0 aliphatic rings. The van der Waals surface area contributed by atoms with Crippen molar-refractivity contribution in [2.75, 3.05) is 0 Å². The Morgan fingerprint density at radius 1 is 0.283 bits per heavy atom. The normalized spacial score (nSPS) is 12.9. The van der Waals surface area contributed by atoms with Crippen LogP contribution in [0.25, 0.3) is 0 Å². The van der Waals surface area contributed by atoms with E-state index in [1.54, 1.807) is 0 Å². The summed E-state index contributed by atoms with van der Waals surface area (Å²) < 4.78 is 0.574. The van der Waals surface area contributed by atoms with E-state index in [0.29, 0.717) is 0 Å². The molecule has 0 bridgehead atoms. The maximum Gasteiger partial charge on any atom is 4.00 e. The monoisotopic (exact) mass is 978 g/mol. The summed E-state index contributed by atoms with van der Waals surface area (Å²) in [5, 5.41) is 7.31. The zero-order chi connectivity index (χ0) is 43.4. The number of hydroxylamine groups is 8. The Hall–Kier alpha value is 0.968. The van der Waals surface area contributed by atoms with Crippen LogP contribution in [0.4, 0.5) is 0 Å². The fourth-order valence-electron chi connectivity index (χ4n) is 5.42. The van der Waals surface area contributed by atoms with Gasteiger partial charge in [-0.15, -0.1) is 20.3 Å². The predicted molar refractivity (Wildman–Crippen MR) is 250 cm³/mol. The van der Waals surface area contributed by atoms with E-state index >= 15 is 0 Å². The molecule has 8 nitrogen and oxygen atoms in total. The van der Waals surface area contributed by atoms with Crippen molar-refractivity contribution in [2.24, 2.45) is 0 Å². The summed E-state index contributed by atoms with van der Waals surface area (Å²) >= 11 is 38.1. The molecule has 0 fully saturated rings. The Kier molecular flexibility index (Phi) is 28.8. The van der Waals surface area contributed by atoms with Crippen molar-refractivity contribution in [1.82, 2.24) is 20.3 Å². The van der Waals surface area contributed by atoms with Gasteiger partial charge in [-0.3, -0.25) is 0 Å². The molecule has 0 unspecified atom stereocenters. The van der Waals surface area contributed by atoms with Crippen molar-refractivity contribution in [3.63, 3.8) is 0 Å². The van der Waals surface area contributed by atoms with Gasteiger partial charge in [-0.2, -0.15) is 0 Å². The molecule has 0 aromatic carbocycles. The molecule has 0 aromatic rings. The van der Waals surface area contributed by atoms with Crippen LogP contribution in [0.1, 0.15) is 166 Å². The van der Waals surface area contributed by atoms with Crippen molar-refractivity contribution in [2.45, 2.75) is 210 Å². The summed E-state index contributed by atoms with van der Waals surface area (Å²) in [6.45, 7) is 49.5. The summed E-state index contributed by atoms with van der Waals surface area (Å²) in [5.41, 5.74) is -0.880. The molecule has 0 aliphatic heterocycles. The smallest absolute Gasteiger partial charge is 0.425 e. The molecule has 0 saturated heterocycles. The molecule has 0 amide bonds. The molecular weight excluding hydrogens is 905 g/mol. The summed E-state index contributed by atoms with van der Waals surface area (Å²) in [5.74, 6) is 0. The first kappa shape index (κ1) is 63.1. The maximum atomic E-state index is 5.36. The topological polar surface area (TPSA) is 49.9 Å². The Labute approximate surface area is 384 Å². The van der Waals surface area contributed by atoms with Crippen LogP contribution in [0.5, 0.6) is 0 Å². The molecule has 0 atom stereocenters. The molecule has 314 valence electrons. The zero-order valence-corrected chi connectivity index (χ0v) is 45.6. The molecule has 17 heteroatoms. The number of nitrogens with zero attached hydrogens (tertiary/aromatic N) is 4. The Morgan fingerprint density at radius 2 is 0.358 bits per heavy atom. The van der Waals surface area contributed by atoms with Crippen molar-refractivity contribution >= 4 is 117 Å². The average Bonchev–Trinajstić information content (AvgIpc) is 2.78. The van der Waals surface area contributed by atoms with Crippen LogP contribution >= 0.6 is 48.9 Å². The van der Waals surface area contributed by atoms with Gasteiger partial charge < -0.3 is 119 Å². The summed E-state index contributed by atoms with van der Waals surface area (Å²) in [7, 11) is 0. The molecule has 0 aliphatic carbocycles. The second-order valence-corrected chi connectivity index (χ2v) is 23.9. The number of hydrogen-bond donors (Lipinski definition) is 0. The van der Waals surface area contributed by atoms with Crippen LogP contribution < -0.4 is 0 Å². The van der Waals surface area contributed by atoms with Crippen LogP contribution in [0, 0.1) is 0 Å². The quantitative estimate of drug-likeness (QED) is 0.116. The van der Waals surface area contributed by atoms with Crippen LogP contribution in [-0.2, 0) is 90.9 Å². The fraction of sp³-hybridized carbons (Fsp3) is 0.889. The Bertz CT molecular complexity index is 890. The maximum absolute atomic E-state index is 5.36. The van der Waals surface area contributed by atoms with Crippen molar-refractivity contribution in [1.29, 1.82) is 0 Å². The van der Waals surface area contributed by atoms with E-state index in [1.807, 2.05) is 20.3 Å². The van der Waals surface area contributed by atoms with Gasteiger partial charge in [-0.25, -0.2) is 0 Å². The van der Waals surface area contributed by atoms with Crippen molar-refractivity contribution in [3.8, 4) is 0 Å². The molecule has 0 saturated carbocycles. The fourth-order valence-corrected chi connectivity index (χ4v) is 6.01. The van der Waals surface area contributed by atoms with Crippen LogP contribution in [-0.4, -0.2) is 82.1 Å². The largest absolute Gasteiger partial charge is 4.00 e. The van der Waals surface area contributed by atoms with E-state index in [9.17, 15) is 0 Å². The van der Waals surface area contributed by atoms with E-state index < -0.39 is 0 Å². The van der Waals surface area contributed by atoms with E-state index in [1.165, 1.54) is 0 Å². The van der Waals surface area contributed by atoms with E-state index in [4.69, 9.17) is 119 Å². The van der Waals surface area contributed by atoms with Crippen molar-refractivity contribution < 1.29 is 40.4 Å². The van der Waals surface area contributed by atoms with Gasteiger partial charge >= 0.3 is 21.1 Å². The van der Waals surface area contributed by atoms with Crippen molar-refractivity contribution in [3.05, 3.63) is 0 Å². The standard InChI is InChI=1S/4C9H19NOS2.Mo/c4*1-8(2,3)10(9(4,5)6)11-7(12)13;/h4*1-6H3,(H,12,13);/q;;;;+4/p-4. The van der Waals surface area contributed by atoms with Gasteiger partial charge in [0.05, 0.1) is 17.5 Å². The second kappa shape index (κ2) is 24.1. The third kappa shape index (κ3) is 32.6. The number of rotatable bonds is 4. The van der Waals surface area contributed by atoms with Gasteiger partial charge in [0.15, 0.2) is 0 Å². The average molecular weight is 977 g/mol. The van der Waals surface area contributed by atoms with Gasteiger partial charge in [0, 0.05) is 44.3 Å². The minimum atomic E-state index is -0.110. The Balaban J connectivity index is -0.000000192. The van der Waals surface area contributed by atoms with Crippen LogP contribution in [0.15, 0.2) is 0 Å². The molecule has 0 rings (SSSR count). The molecule has 0 heterocycles. The zero-order valence-electron chi connectivity index (χ0n) is 37.1. The first-order chi connectivity index (χ1) is 22.2. The molecule has 53 heavy (non-hydrogen) atoms. The number of thiocarbonyl (C=S) groups is 4. The predicted octanol–water partition coefficient (Wildman–Crippen LogP) is 10.6. The van der Waals surface area contributed by atoms with Gasteiger partial charge in [-0.1, -0.05) is 0 Å². The van der Waals surface area contributed by atoms with Crippen LogP contribution in [0.2, 0.25) is 0 Å². The molecule has 0 aromatic heterocycles. The van der Waals surface area contributed by atoms with Crippen LogP contribution in [0.3, 0.4) is 0 Å². The molecule has 0 spiro atoms. The first-order valence-electron chi connectivity index (χ1n) is 17.0. The second-order valence-electron chi connectivity index (χ2n) is 19.9. The van der Waals surface area contributed by atoms with E-state index in [2.05, 4.69) is 166 Å². The Morgan fingerprint density at radius 3 is 0.377 bits per heavy atom. The summed E-state index contributed by atoms with van der Waals surface area (Å²) in [4.78, 5) is 21.4. The minimum Gasteiger partial charge on any atom is -0.425 e. The van der Waals surface area contributed by atoms with E-state index in [-0.39, 0.29) is 82.9 Å². The third-order valence-electron chi connectivity index (χ3n) is 5.54. The first-order valence-corrected chi connectivity index (χ1v) is 20.2. The number of hydrogen-bond acceptors (Lipinski definition) is 16. The minimum absolute atomic E-state index is 0. The molecular formula is C36H72MoN4O4S8. The molecule has 0 N–H and O–H groups in total. The van der Waals surface area contributed by atoms with Gasteiger partial charge in [-0.05, 0) is 166 Å². The van der Waals surface area contributed by atoms with Gasteiger partial charge in [0.25, 0.3) is 0 Å². The SMILES string of the molecule is CC(C)(C)N(OC(=S)[S-])C(C)(C)C.CC(C)(C)N(OC(=S)[S-])C(C)(C)C.CC(C)(C)N(OC(=S)[S-])C(C)(C)C.CC(C)(C)N(OC(=S)[S-])C(C)(C)C.[Mo+4]. The van der Waals surface area contributed by atoms with Gasteiger partial charge in [0.1, 0.15) is 0 Å². The molecule has 0 radical (unpaired) electrons. The summed E-state index contributed by atoms with van der Waals surface area (Å²) in [6, 6.07) is 0.